The highest BCUT2D eigenvalue weighted by atomic mass is 16.5. The van der Waals surface area contributed by atoms with E-state index in [1.807, 2.05) is 26.0 Å². The summed E-state index contributed by atoms with van der Waals surface area (Å²) >= 11 is 0. The number of nitrogens with one attached hydrogen (secondary N) is 1. The van der Waals surface area contributed by atoms with Crippen LogP contribution in [0.5, 0.6) is 0 Å². The lowest BCUT2D eigenvalue weighted by atomic mass is 10.1. The van der Waals surface area contributed by atoms with Crippen molar-refractivity contribution in [1.82, 2.24) is 4.90 Å². The molecule has 0 saturated carbocycles. The Balaban J connectivity index is 1.55. The number of anilines is 1. The Morgan fingerprint density at radius 1 is 0.963 bits per heavy atom. The Kier molecular flexibility index (Phi) is 5.03. The van der Waals surface area contributed by atoms with Crippen molar-refractivity contribution in [3.63, 3.8) is 0 Å². The fourth-order valence-electron chi connectivity index (χ4n) is 2.78. The second-order valence-electron chi connectivity index (χ2n) is 6.20. The molecule has 2 aromatic carbocycles. The molecule has 0 aliphatic carbocycles. The Labute approximate surface area is 155 Å². The van der Waals surface area contributed by atoms with Crippen molar-refractivity contribution in [2.45, 2.75) is 13.8 Å². The molecule has 0 radical (unpaired) electrons. The third-order valence-corrected chi connectivity index (χ3v) is 4.41. The van der Waals surface area contributed by atoms with Crippen LogP contribution >= 0.6 is 0 Å². The van der Waals surface area contributed by atoms with Crippen LogP contribution in [-0.4, -0.2) is 41.7 Å². The number of fused-ring (bicyclic) bond motifs is 1. The molecule has 0 aromatic heterocycles. The first kappa shape index (κ1) is 18.3. The van der Waals surface area contributed by atoms with Gasteiger partial charge >= 0.3 is 5.97 Å². The number of hydrogen-bond acceptors (Lipinski definition) is 5. The lowest BCUT2D eigenvalue weighted by molar-refractivity contribution is -0.147. The molecule has 0 saturated heterocycles. The molecule has 7 heteroatoms. The third-order valence-electron chi connectivity index (χ3n) is 4.41. The van der Waals surface area contributed by atoms with Crippen molar-refractivity contribution < 1.29 is 23.9 Å². The van der Waals surface area contributed by atoms with Gasteiger partial charge < -0.3 is 10.1 Å². The van der Waals surface area contributed by atoms with Crippen LogP contribution in [0.15, 0.2) is 42.5 Å². The van der Waals surface area contributed by atoms with Crippen LogP contribution in [0.25, 0.3) is 0 Å². The van der Waals surface area contributed by atoms with Crippen molar-refractivity contribution in [2.24, 2.45) is 0 Å². The normalized spacial score (nSPS) is 12.7. The number of carbonyl (C=O) groups is 4. The van der Waals surface area contributed by atoms with E-state index in [9.17, 15) is 19.2 Å². The average Bonchev–Trinajstić information content (AvgIpc) is 2.89. The maximum Gasteiger partial charge on any atom is 0.326 e. The number of rotatable bonds is 5. The van der Waals surface area contributed by atoms with E-state index in [0.29, 0.717) is 5.69 Å². The van der Waals surface area contributed by atoms with Gasteiger partial charge in [-0.1, -0.05) is 24.3 Å². The Hall–Kier alpha value is -3.48. The van der Waals surface area contributed by atoms with Gasteiger partial charge in [0.25, 0.3) is 17.7 Å². The summed E-state index contributed by atoms with van der Waals surface area (Å²) < 4.78 is 4.91. The molecule has 0 unspecified atom stereocenters. The molecule has 0 bridgehead atoms. The summed E-state index contributed by atoms with van der Waals surface area (Å²) in [5, 5.41) is 2.67. The van der Waals surface area contributed by atoms with E-state index >= 15 is 0 Å². The van der Waals surface area contributed by atoms with E-state index in [4.69, 9.17) is 4.74 Å². The van der Waals surface area contributed by atoms with Crippen LogP contribution in [0.2, 0.25) is 0 Å². The molecule has 138 valence electrons. The summed E-state index contributed by atoms with van der Waals surface area (Å²) in [5.41, 5.74) is 3.08. The molecule has 0 spiro atoms. The minimum Gasteiger partial charge on any atom is -0.454 e. The molecule has 2 aromatic rings. The molecular weight excluding hydrogens is 348 g/mol. The van der Waals surface area contributed by atoms with Gasteiger partial charge in [-0.3, -0.25) is 24.1 Å². The number of nitrogens with zero attached hydrogens (tertiary/aromatic N) is 1. The molecule has 0 atom stereocenters. The predicted molar refractivity (Wildman–Crippen MR) is 97.3 cm³/mol. The summed E-state index contributed by atoms with van der Waals surface area (Å²) in [6.45, 7) is 2.75. The van der Waals surface area contributed by atoms with Crippen LogP contribution in [0.4, 0.5) is 5.69 Å². The minimum absolute atomic E-state index is 0.253. The van der Waals surface area contributed by atoms with E-state index in [0.717, 1.165) is 16.0 Å². The van der Waals surface area contributed by atoms with Gasteiger partial charge in [-0.25, -0.2) is 0 Å². The Morgan fingerprint density at radius 2 is 1.59 bits per heavy atom. The van der Waals surface area contributed by atoms with Gasteiger partial charge in [-0.2, -0.15) is 0 Å². The number of benzene rings is 2. The highest BCUT2D eigenvalue weighted by molar-refractivity contribution is 6.22. The summed E-state index contributed by atoms with van der Waals surface area (Å²) in [7, 11) is 0. The van der Waals surface area contributed by atoms with Crippen LogP contribution < -0.4 is 5.32 Å². The zero-order valence-electron chi connectivity index (χ0n) is 14.9. The standard InChI is InChI=1S/C20H18N2O5/c1-12-6-5-9-16(13(12)2)21-17(23)11-27-18(24)10-22-19(25)14-7-3-4-8-15(14)20(22)26/h3-9H,10-11H2,1-2H3,(H,21,23). The van der Waals surface area contributed by atoms with E-state index in [2.05, 4.69) is 5.32 Å². The van der Waals surface area contributed by atoms with Gasteiger partial charge in [0, 0.05) is 5.69 Å². The molecule has 1 aliphatic heterocycles. The van der Waals surface area contributed by atoms with E-state index in [1.54, 1.807) is 18.2 Å². The van der Waals surface area contributed by atoms with Crippen molar-refractivity contribution in [3.05, 3.63) is 64.7 Å². The summed E-state index contributed by atoms with van der Waals surface area (Å²) in [6.07, 6.45) is 0. The first-order valence-electron chi connectivity index (χ1n) is 8.35. The van der Waals surface area contributed by atoms with Crippen LogP contribution in [-0.2, 0) is 14.3 Å². The summed E-state index contributed by atoms with van der Waals surface area (Å²) in [4.78, 5) is 49.2. The van der Waals surface area contributed by atoms with Gasteiger partial charge in [-0.05, 0) is 43.2 Å². The fourth-order valence-corrected chi connectivity index (χ4v) is 2.78. The molecular formula is C20H18N2O5. The number of amides is 3. The second-order valence-corrected chi connectivity index (χ2v) is 6.20. The highest BCUT2D eigenvalue weighted by Crippen LogP contribution is 2.22. The van der Waals surface area contributed by atoms with Gasteiger partial charge in [0.05, 0.1) is 11.1 Å². The smallest absolute Gasteiger partial charge is 0.326 e. The number of imide groups is 1. The zero-order chi connectivity index (χ0) is 19.6. The summed E-state index contributed by atoms with van der Waals surface area (Å²) in [6, 6.07) is 11.8. The number of carbonyl (C=O) groups excluding carboxylic acids is 4. The monoisotopic (exact) mass is 366 g/mol. The van der Waals surface area contributed by atoms with Crippen LogP contribution in [0.1, 0.15) is 31.8 Å². The van der Waals surface area contributed by atoms with E-state index < -0.39 is 36.8 Å². The topological polar surface area (TPSA) is 92.8 Å². The van der Waals surface area contributed by atoms with Crippen LogP contribution in [0.3, 0.4) is 0 Å². The van der Waals surface area contributed by atoms with E-state index in [1.165, 1.54) is 12.1 Å². The Bertz CT molecular complexity index is 916. The van der Waals surface area contributed by atoms with Gasteiger partial charge in [0.2, 0.25) is 0 Å². The van der Waals surface area contributed by atoms with Crippen molar-refractivity contribution in [2.75, 3.05) is 18.5 Å². The maximum atomic E-state index is 12.2. The first-order chi connectivity index (χ1) is 12.9. The second kappa shape index (κ2) is 7.41. The Morgan fingerprint density at radius 3 is 2.22 bits per heavy atom. The molecule has 7 nitrogen and oxygen atoms in total. The predicted octanol–water partition coefficient (Wildman–Crippen LogP) is 2.08. The SMILES string of the molecule is Cc1cccc(NC(=O)COC(=O)CN2C(=O)c3ccccc3C2=O)c1C. The minimum atomic E-state index is -0.833. The van der Waals surface area contributed by atoms with Crippen molar-refractivity contribution in [3.8, 4) is 0 Å². The van der Waals surface area contributed by atoms with Crippen molar-refractivity contribution in [1.29, 1.82) is 0 Å². The third kappa shape index (κ3) is 3.72. The number of esters is 1. The maximum absolute atomic E-state index is 12.2. The fraction of sp³-hybridized carbons (Fsp3) is 0.200. The largest absolute Gasteiger partial charge is 0.454 e. The van der Waals surface area contributed by atoms with Gasteiger partial charge in [-0.15, -0.1) is 0 Å². The first-order valence-corrected chi connectivity index (χ1v) is 8.35. The number of ether oxygens (including phenoxy) is 1. The molecule has 0 fully saturated rings. The lowest BCUT2D eigenvalue weighted by Crippen LogP contribution is -2.36. The lowest BCUT2D eigenvalue weighted by Gasteiger charge is -2.13. The zero-order valence-corrected chi connectivity index (χ0v) is 14.9. The van der Waals surface area contributed by atoms with Gasteiger partial charge in [0.15, 0.2) is 6.61 Å². The summed E-state index contributed by atoms with van der Waals surface area (Å²) in [5.74, 6) is -2.43. The quantitative estimate of drug-likeness (QED) is 0.646. The molecule has 27 heavy (non-hydrogen) atoms. The van der Waals surface area contributed by atoms with Gasteiger partial charge in [0.1, 0.15) is 6.54 Å². The van der Waals surface area contributed by atoms with Crippen molar-refractivity contribution >= 4 is 29.4 Å². The molecule has 1 heterocycles. The highest BCUT2D eigenvalue weighted by Gasteiger charge is 2.36. The molecule has 3 amide bonds. The number of hydrogen-bond donors (Lipinski definition) is 1. The van der Waals surface area contributed by atoms with E-state index in [-0.39, 0.29) is 11.1 Å². The number of aryl methyl sites for hydroxylation is 1. The molecule has 1 N–H and O–H groups in total. The molecule has 3 rings (SSSR count). The van der Waals surface area contributed by atoms with Crippen LogP contribution in [0, 0.1) is 13.8 Å². The molecule has 1 aliphatic rings. The average molecular weight is 366 g/mol.